The summed E-state index contributed by atoms with van der Waals surface area (Å²) in [5.74, 6) is -5.68. The molecule has 1 aliphatic heterocycles. The molecule has 0 unspecified atom stereocenters. The van der Waals surface area contributed by atoms with Gasteiger partial charge >= 0.3 is 18.2 Å². The molecular formula is C14H12ClF5N2O3. The molecule has 2 amide bonds. The topological polar surface area (TPSA) is 69.6 Å². The number of carboxylic acid groups (broad SMARTS) is 1. The zero-order valence-electron chi connectivity index (χ0n) is 12.4. The second-order valence-electron chi connectivity index (χ2n) is 5.44. The normalized spacial score (nSPS) is 20.8. The molecule has 1 fully saturated rings. The van der Waals surface area contributed by atoms with E-state index in [1.54, 1.807) is 0 Å². The number of urea groups is 1. The van der Waals surface area contributed by atoms with Gasteiger partial charge < -0.3 is 15.3 Å². The summed E-state index contributed by atoms with van der Waals surface area (Å²) in [4.78, 5) is 23.8. The number of amides is 2. The Kier molecular flexibility index (Phi) is 5.40. The van der Waals surface area contributed by atoms with Gasteiger partial charge in [0, 0.05) is 18.7 Å². The Morgan fingerprint density at radius 2 is 1.92 bits per heavy atom. The Morgan fingerprint density at radius 3 is 2.40 bits per heavy atom. The molecule has 1 aromatic rings. The van der Waals surface area contributed by atoms with Gasteiger partial charge in [-0.3, -0.25) is 4.79 Å². The Bertz CT molecular complexity index is 683. The van der Waals surface area contributed by atoms with Crippen LogP contribution in [0.3, 0.4) is 0 Å². The molecule has 2 atom stereocenters. The van der Waals surface area contributed by atoms with Crippen LogP contribution in [0.15, 0.2) is 18.2 Å². The standard InChI is InChI=1S/C14H12ClF5N2O3/c15-10-6(11(16)17)2-1-3-9(10)21-13(25)22-4-7(12(23)24)8(5-22)14(18,19)20/h1-3,7-8,11H,4-5H2,(H,21,25)(H,23,24)/t7-,8-/m1/s1. The molecule has 0 aliphatic carbocycles. The van der Waals surface area contributed by atoms with Crippen molar-refractivity contribution in [3.8, 4) is 0 Å². The van der Waals surface area contributed by atoms with Gasteiger partial charge in [0.05, 0.1) is 22.5 Å². The number of hydrogen-bond donors (Lipinski definition) is 2. The van der Waals surface area contributed by atoms with Gasteiger partial charge in [-0.25, -0.2) is 13.6 Å². The number of alkyl halides is 5. The number of nitrogens with one attached hydrogen (secondary N) is 1. The maximum absolute atomic E-state index is 12.9. The number of hydrogen-bond acceptors (Lipinski definition) is 2. The highest BCUT2D eigenvalue weighted by atomic mass is 35.5. The SMILES string of the molecule is O=C(O)[C@@H]1CN(C(=O)Nc2cccc(C(F)F)c2Cl)C[C@H]1C(F)(F)F. The molecule has 1 aliphatic rings. The van der Waals surface area contributed by atoms with Gasteiger partial charge in [0.15, 0.2) is 0 Å². The number of benzene rings is 1. The van der Waals surface area contributed by atoms with Crippen LogP contribution in [0.1, 0.15) is 12.0 Å². The van der Waals surface area contributed by atoms with Crippen LogP contribution < -0.4 is 5.32 Å². The Hall–Kier alpha value is -2.10. The molecule has 1 saturated heterocycles. The van der Waals surface area contributed by atoms with E-state index in [0.717, 1.165) is 6.07 Å². The van der Waals surface area contributed by atoms with Crippen molar-refractivity contribution < 1.29 is 36.6 Å². The average molecular weight is 387 g/mol. The second-order valence-corrected chi connectivity index (χ2v) is 5.82. The van der Waals surface area contributed by atoms with Crippen molar-refractivity contribution in [1.82, 2.24) is 4.90 Å². The van der Waals surface area contributed by atoms with Crippen molar-refractivity contribution in [2.45, 2.75) is 12.6 Å². The monoisotopic (exact) mass is 386 g/mol. The van der Waals surface area contributed by atoms with E-state index in [1.165, 1.54) is 12.1 Å². The van der Waals surface area contributed by atoms with Crippen LogP contribution in [0, 0.1) is 11.8 Å². The van der Waals surface area contributed by atoms with Crippen molar-refractivity contribution >= 4 is 29.3 Å². The molecule has 5 nitrogen and oxygen atoms in total. The highest BCUT2D eigenvalue weighted by Gasteiger charge is 2.53. The van der Waals surface area contributed by atoms with Crippen molar-refractivity contribution in [3.05, 3.63) is 28.8 Å². The fraction of sp³-hybridized carbons (Fsp3) is 0.429. The Morgan fingerprint density at radius 1 is 1.28 bits per heavy atom. The lowest BCUT2D eigenvalue weighted by Crippen LogP contribution is -2.35. The van der Waals surface area contributed by atoms with E-state index in [4.69, 9.17) is 16.7 Å². The van der Waals surface area contributed by atoms with E-state index >= 15 is 0 Å². The highest BCUT2D eigenvalue weighted by Crippen LogP contribution is 2.38. The van der Waals surface area contributed by atoms with Crippen LogP contribution >= 0.6 is 11.6 Å². The summed E-state index contributed by atoms with van der Waals surface area (Å²) >= 11 is 5.75. The number of carbonyl (C=O) groups is 2. The summed E-state index contributed by atoms with van der Waals surface area (Å²) in [6.07, 6.45) is -7.69. The molecule has 138 valence electrons. The van der Waals surface area contributed by atoms with Gasteiger partial charge in [0.25, 0.3) is 6.43 Å². The highest BCUT2D eigenvalue weighted by molar-refractivity contribution is 6.34. The molecule has 0 spiro atoms. The molecule has 25 heavy (non-hydrogen) atoms. The third-order valence-electron chi connectivity index (χ3n) is 3.85. The number of aliphatic carboxylic acids is 1. The maximum atomic E-state index is 12.9. The number of halogens is 6. The lowest BCUT2D eigenvalue weighted by molar-refractivity contribution is -0.187. The first kappa shape index (κ1) is 19.2. The predicted octanol–water partition coefficient (Wildman–Crippen LogP) is 4.00. The second kappa shape index (κ2) is 7.03. The van der Waals surface area contributed by atoms with Gasteiger partial charge in [0.1, 0.15) is 0 Å². The predicted molar refractivity (Wildman–Crippen MR) is 77.7 cm³/mol. The minimum Gasteiger partial charge on any atom is -0.481 e. The quantitative estimate of drug-likeness (QED) is 0.771. The molecular weight excluding hydrogens is 375 g/mol. The molecule has 1 heterocycles. The van der Waals surface area contributed by atoms with Gasteiger partial charge in [-0.1, -0.05) is 23.7 Å². The first-order valence-corrected chi connectivity index (χ1v) is 7.32. The number of nitrogens with zero attached hydrogens (tertiary/aromatic N) is 1. The van der Waals surface area contributed by atoms with E-state index in [-0.39, 0.29) is 5.69 Å². The number of carbonyl (C=O) groups excluding carboxylic acids is 1. The summed E-state index contributed by atoms with van der Waals surface area (Å²) in [6, 6.07) is 2.40. The zero-order valence-corrected chi connectivity index (χ0v) is 13.1. The van der Waals surface area contributed by atoms with Gasteiger partial charge in [0.2, 0.25) is 0 Å². The first-order chi connectivity index (χ1) is 11.5. The lowest BCUT2D eigenvalue weighted by Gasteiger charge is -2.19. The van der Waals surface area contributed by atoms with Crippen LogP contribution in [-0.2, 0) is 4.79 Å². The van der Waals surface area contributed by atoms with E-state index in [2.05, 4.69) is 5.32 Å². The summed E-state index contributed by atoms with van der Waals surface area (Å²) in [5, 5.41) is 10.6. The third-order valence-corrected chi connectivity index (χ3v) is 4.27. The van der Waals surface area contributed by atoms with Gasteiger partial charge in [-0.05, 0) is 6.07 Å². The largest absolute Gasteiger partial charge is 0.481 e. The van der Waals surface area contributed by atoms with Crippen molar-refractivity contribution in [3.63, 3.8) is 0 Å². The molecule has 0 aromatic heterocycles. The van der Waals surface area contributed by atoms with Crippen LogP contribution in [-0.4, -0.2) is 41.3 Å². The summed E-state index contributed by atoms with van der Waals surface area (Å²) in [7, 11) is 0. The van der Waals surface area contributed by atoms with Crippen molar-refractivity contribution in [2.24, 2.45) is 11.8 Å². The van der Waals surface area contributed by atoms with Crippen LogP contribution in [0.4, 0.5) is 32.4 Å². The molecule has 0 saturated carbocycles. The summed E-state index contributed by atoms with van der Waals surface area (Å²) in [5.41, 5.74) is -0.746. The van der Waals surface area contributed by atoms with Crippen LogP contribution in [0.5, 0.6) is 0 Å². The van der Waals surface area contributed by atoms with Gasteiger partial charge in [-0.2, -0.15) is 13.2 Å². The zero-order chi connectivity index (χ0) is 18.9. The Balaban J connectivity index is 2.17. The van der Waals surface area contributed by atoms with Crippen LogP contribution in [0.2, 0.25) is 5.02 Å². The number of carboxylic acids is 1. The maximum Gasteiger partial charge on any atom is 0.394 e. The van der Waals surface area contributed by atoms with Crippen LogP contribution in [0.25, 0.3) is 0 Å². The lowest BCUT2D eigenvalue weighted by atomic mass is 9.96. The minimum absolute atomic E-state index is 0.202. The van der Waals surface area contributed by atoms with Gasteiger partial charge in [-0.15, -0.1) is 0 Å². The fourth-order valence-corrected chi connectivity index (χ4v) is 2.82. The third kappa shape index (κ3) is 4.12. The van der Waals surface area contributed by atoms with E-state index in [1.807, 2.05) is 0 Å². The molecule has 2 rings (SSSR count). The van der Waals surface area contributed by atoms with E-state index in [0.29, 0.717) is 4.90 Å². The smallest absolute Gasteiger partial charge is 0.394 e. The first-order valence-electron chi connectivity index (χ1n) is 6.94. The molecule has 11 heteroatoms. The average Bonchev–Trinajstić information content (AvgIpc) is 2.94. The molecule has 0 radical (unpaired) electrons. The molecule has 2 N–H and O–H groups in total. The summed E-state index contributed by atoms with van der Waals surface area (Å²) < 4.78 is 64.3. The number of likely N-dealkylation sites (tertiary alicyclic amines) is 1. The van der Waals surface area contributed by atoms with E-state index < -0.39 is 60.1 Å². The number of anilines is 1. The van der Waals surface area contributed by atoms with E-state index in [9.17, 15) is 31.5 Å². The fourth-order valence-electron chi connectivity index (χ4n) is 2.56. The molecule has 0 bridgehead atoms. The van der Waals surface area contributed by atoms with Crippen molar-refractivity contribution in [2.75, 3.05) is 18.4 Å². The number of rotatable bonds is 3. The summed E-state index contributed by atoms with van der Waals surface area (Å²) in [6.45, 7) is -1.50. The Labute approximate surface area is 143 Å². The minimum atomic E-state index is -4.79. The molecule has 1 aromatic carbocycles. The van der Waals surface area contributed by atoms with Crippen molar-refractivity contribution in [1.29, 1.82) is 0 Å².